The smallest absolute Gasteiger partial charge is 0.269 e. The summed E-state index contributed by atoms with van der Waals surface area (Å²) in [6.45, 7) is 2.02. The Bertz CT molecular complexity index is 641. The third-order valence-corrected chi connectivity index (χ3v) is 3.21. The molecule has 2 aromatic carbocycles. The quantitative estimate of drug-likeness (QED) is 0.634. The minimum Gasteiger partial charge on any atom is -0.376 e. The van der Waals surface area contributed by atoms with Crippen LogP contribution in [-0.2, 0) is 4.79 Å². The normalized spacial score (nSPS) is 11.5. The molecule has 0 aliphatic carbocycles. The van der Waals surface area contributed by atoms with E-state index in [0.29, 0.717) is 5.69 Å². The summed E-state index contributed by atoms with van der Waals surface area (Å²) >= 11 is 0. The maximum atomic E-state index is 11.9. The summed E-state index contributed by atoms with van der Waals surface area (Å²) < 4.78 is 0. The molecular formula is C16H17N3O3. The van der Waals surface area contributed by atoms with Crippen molar-refractivity contribution < 1.29 is 9.72 Å². The van der Waals surface area contributed by atoms with Crippen LogP contribution in [-0.4, -0.2) is 17.4 Å². The van der Waals surface area contributed by atoms with Crippen molar-refractivity contribution in [1.29, 1.82) is 0 Å². The first-order valence-electron chi connectivity index (χ1n) is 6.89. The number of anilines is 1. The van der Waals surface area contributed by atoms with E-state index in [1.165, 1.54) is 12.1 Å². The standard InChI is InChI=1S/C16H17N3O3/c1-12(13-5-3-2-4-6-13)18-16(20)11-17-14-7-9-15(10-8-14)19(21)22/h2-10,12,17H,11H2,1H3,(H,18,20)/t12-/m0/s1. The van der Waals surface area contributed by atoms with Crippen LogP contribution in [0.5, 0.6) is 0 Å². The van der Waals surface area contributed by atoms with Crippen molar-refractivity contribution in [2.24, 2.45) is 0 Å². The number of nitro benzene ring substituents is 1. The van der Waals surface area contributed by atoms with Gasteiger partial charge in [0, 0.05) is 17.8 Å². The van der Waals surface area contributed by atoms with E-state index in [1.54, 1.807) is 12.1 Å². The van der Waals surface area contributed by atoms with E-state index in [2.05, 4.69) is 10.6 Å². The number of amides is 1. The Labute approximate surface area is 128 Å². The Morgan fingerprint density at radius 2 is 1.77 bits per heavy atom. The molecule has 0 aliphatic rings. The van der Waals surface area contributed by atoms with Crippen LogP contribution in [0.1, 0.15) is 18.5 Å². The fourth-order valence-electron chi connectivity index (χ4n) is 2.00. The van der Waals surface area contributed by atoms with Gasteiger partial charge in [0.2, 0.25) is 5.91 Å². The van der Waals surface area contributed by atoms with Gasteiger partial charge in [-0.05, 0) is 24.6 Å². The van der Waals surface area contributed by atoms with E-state index < -0.39 is 4.92 Å². The van der Waals surface area contributed by atoms with Gasteiger partial charge in [0.15, 0.2) is 0 Å². The first kappa shape index (κ1) is 15.5. The lowest BCUT2D eigenvalue weighted by Gasteiger charge is -2.14. The van der Waals surface area contributed by atoms with Gasteiger partial charge in [-0.15, -0.1) is 0 Å². The topological polar surface area (TPSA) is 84.3 Å². The fraction of sp³-hybridized carbons (Fsp3) is 0.188. The average molecular weight is 299 g/mol. The molecule has 22 heavy (non-hydrogen) atoms. The summed E-state index contributed by atoms with van der Waals surface area (Å²) in [7, 11) is 0. The molecule has 0 aliphatic heterocycles. The zero-order valence-electron chi connectivity index (χ0n) is 12.2. The van der Waals surface area contributed by atoms with Gasteiger partial charge >= 0.3 is 0 Å². The predicted octanol–water partition coefficient (Wildman–Crippen LogP) is 2.88. The third kappa shape index (κ3) is 4.31. The Hall–Kier alpha value is -2.89. The van der Waals surface area contributed by atoms with E-state index in [4.69, 9.17) is 0 Å². The maximum Gasteiger partial charge on any atom is 0.269 e. The van der Waals surface area contributed by atoms with Crippen LogP contribution in [0.2, 0.25) is 0 Å². The number of non-ortho nitro benzene ring substituents is 1. The SMILES string of the molecule is C[C@H](NC(=O)CNc1ccc([N+](=O)[O-])cc1)c1ccccc1. The van der Waals surface area contributed by atoms with Crippen molar-refractivity contribution in [3.63, 3.8) is 0 Å². The fourth-order valence-corrected chi connectivity index (χ4v) is 2.00. The highest BCUT2D eigenvalue weighted by Gasteiger charge is 2.09. The van der Waals surface area contributed by atoms with Crippen LogP contribution in [0.4, 0.5) is 11.4 Å². The summed E-state index contributed by atoms with van der Waals surface area (Å²) in [6.07, 6.45) is 0. The average Bonchev–Trinajstić information content (AvgIpc) is 2.54. The van der Waals surface area contributed by atoms with Gasteiger partial charge in [-0.1, -0.05) is 30.3 Å². The van der Waals surface area contributed by atoms with E-state index >= 15 is 0 Å². The van der Waals surface area contributed by atoms with Gasteiger partial charge in [-0.3, -0.25) is 14.9 Å². The lowest BCUT2D eigenvalue weighted by Crippen LogP contribution is -2.32. The van der Waals surface area contributed by atoms with E-state index in [0.717, 1.165) is 5.56 Å². The molecule has 6 heteroatoms. The molecule has 0 bridgehead atoms. The largest absolute Gasteiger partial charge is 0.376 e. The van der Waals surface area contributed by atoms with E-state index in [1.807, 2.05) is 37.3 Å². The van der Waals surface area contributed by atoms with E-state index in [9.17, 15) is 14.9 Å². The zero-order valence-corrected chi connectivity index (χ0v) is 12.2. The first-order chi connectivity index (χ1) is 10.6. The number of rotatable bonds is 6. The molecule has 0 fully saturated rings. The predicted molar refractivity (Wildman–Crippen MR) is 84.6 cm³/mol. The molecule has 0 heterocycles. The third-order valence-electron chi connectivity index (χ3n) is 3.21. The highest BCUT2D eigenvalue weighted by atomic mass is 16.6. The summed E-state index contributed by atoms with van der Waals surface area (Å²) in [6, 6.07) is 15.5. The summed E-state index contributed by atoms with van der Waals surface area (Å²) in [5.41, 5.74) is 1.71. The minimum atomic E-state index is -0.460. The molecule has 0 saturated carbocycles. The number of carbonyl (C=O) groups is 1. The number of nitro groups is 1. The van der Waals surface area contributed by atoms with Crippen molar-refractivity contribution in [2.75, 3.05) is 11.9 Å². The summed E-state index contributed by atoms with van der Waals surface area (Å²) in [5, 5.41) is 16.4. The second-order valence-electron chi connectivity index (χ2n) is 4.86. The summed E-state index contributed by atoms with van der Waals surface area (Å²) in [4.78, 5) is 22.0. The van der Waals surface area contributed by atoms with E-state index in [-0.39, 0.29) is 24.2 Å². The van der Waals surface area contributed by atoms with Crippen molar-refractivity contribution in [3.8, 4) is 0 Å². The molecule has 114 valence electrons. The highest BCUT2D eigenvalue weighted by Crippen LogP contribution is 2.15. The number of hydrogen-bond donors (Lipinski definition) is 2. The van der Waals surface area contributed by atoms with Gasteiger partial charge in [0.25, 0.3) is 5.69 Å². The van der Waals surface area contributed by atoms with Crippen molar-refractivity contribution >= 4 is 17.3 Å². The second kappa shape index (κ2) is 7.21. The molecule has 0 radical (unpaired) electrons. The lowest BCUT2D eigenvalue weighted by molar-refractivity contribution is -0.384. The van der Waals surface area contributed by atoms with Gasteiger partial charge < -0.3 is 10.6 Å². The molecule has 0 unspecified atom stereocenters. The van der Waals surface area contributed by atoms with Crippen LogP contribution >= 0.6 is 0 Å². The molecular weight excluding hydrogens is 282 g/mol. The van der Waals surface area contributed by atoms with Crippen LogP contribution < -0.4 is 10.6 Å². The Kier molecular flexibility index (Phi) is 5.08. The Morgan fingerprint density at radius 1 is 1.14 bits per heavy atom. The number of hydrogen-bond acceptors (Lipinski definition) is 4. The number of nitrogens with zero attached hydrogens (tertiary/aromatic N) is 1. The van der Waals surface area contributed by atoms with Crippen molar-refractivity contribution in [1.82, 2.24) is 5.32 Å². The van der Waals surface area contributed by atoms with Crippen LogP contribution in [0.25, 0.3) is 0 Å². The Morgan fingerprint density at radius 3 is 2.36 bits per heavy atom. The van der Waals surface area contributed by atoms with Crippen molar-refractivity contribution in [2.45, 2.75) is 13.0 Å². The van der Waals surface area contributed by atoms with Gasteiger partial charge in [0.05, 0.1) is 17.5 Å². The molecule has 1 amide bonds. The molecule has 1 atom stereocenters. The number of benzene rings is 2. The molecule has 0 saturated heterocycles. The molecule has 2 rings (SSSR count). The van der Waals surface area contributed by atoms with Gasteiger partial charge in [0.1, 0.15) is 0 Å². The highest BCUT2D eigenvalue weighted by molar-refractivity contribution is 5.81. The lowest BCUT2D eigenvalue weighted by atomic mass is 10.1. The second-order valence-corrected chi connectivity index (χ2v) is 4.86. The summed E-state index contributed by atoms with van der Waals surface area (Å²) in [5.74, 6) is -0.144. The Balaban J connectivity index is 1.83. The first-order valence-corrected chi connectivity index (χ1v) is 6.89. The zero-order chi connectivity index (χ0) is 15.9. The maximum absolute atomic E-state index is 11.9. The van der Waals surface area contributed by atoms with Gasteiger partial charge in [-0.25, -0.2) is 0 Å². The number of nitrogens with one attached hydrogen (secondary N) is 2. The molecule has 0 aromatic heterocycles. The molecule has 2 aromatic rings. The molecule has 2 N–H and O–H groups in total. The van der Waals surface area contributed by atoms with Gasteiger partial charge in [-0.2, -0.15) is 0 Å². The number of carbonyl (C=O) groups excluding carboxylic acids is 1. The monoisotopic (exact) mass is 299 g/mol. The molecule has 6 nitrogen and oxygen atoms in total. The van der Waals surface area contributed by atoms with Crippen LogP contribution in [0, 0.1) is 10.1 Å². The molecule has 0 spiro atoms. The minimum absolute atomic E-state index is 0.0210. The van der Waals surface area contributed by atoms with Crippen LogP contribution in [0.15, 0.2) is 54.6 Å². The van der Waals surface area contributed by atoms with Crippen molar-refractivity contribution in [3.05, 3.63) is 70.3 Å². The van der Waals surface area contributed by atoms with Crippen LogP contribution in [0.3, 0.4) is 0 Å².